The van der Waals surface area contributed by atoms with Crippen LogP contribution in [0.4, 0.5) is 0 Å². The Kier molecular flexibility index (Phi) is 11.0. The highest BCUT2D eigenvalue weighted by molar-refractivity contribution is 6.32. The van der Waals surface area contributed by atoms with E-state index >= 15 is 0 Å². The van der Waals surface area contributed by atoms with Gasteiger partial charge in [-0.05, 0) is 59.7 Å². The second-order valence-electron chi connectivity index (χ2n) is 7.69. The van der Waals surface area contributed by atoms with Crippen molar-refractivity contribution in [2.24, 2.45) is 0 Å². The van der Waals surface area contributed by atoms with E-state index in [1.807, 2.05) is 36.4 Å². The number of halogens is 2. The minimum Gasteiger partial charge on any atom is -0.456 e. The first-order chi connectivity index (χ1) is 18.0. The van der Waals surface area contributed by atoms with Crippen LogP contribution in [0.3, 0.4) is 0 Å². The maximum atomic E-state index is 12.1. The van der Waals surface area contributed by atoms with Gasteiger partial charge in [0.15, 0.2) is 17.4 Å². The van der Waals surface area contributed by atoms with Crippen LogP contribution in [-0.4, -0.2) is 29.3 Å². The average Bonchev–Trinajstić information content (AvgIpc) is 2.89. The van der Waals surface area contributed by atoms with E-state index in [9.17, 15) is 9.59 Å². The van der Waals surface area contributed by atoms with Crippen LogP contribution in [0, 0.1) is 0 Å². The molecular formula is C28H23AlCl2O7. The van der Waals surface area contributed by atoms with Crippen molar-refractivity contribution in [2.45, 2.75) is 12.8 Å². The van der Waals surface area contributed by atoms with Crippen molar-refractivity contribution in [3.8, 4) is 23.0 Å². The molecule has 0 radical (unpaired) electrons. The second-order valence-corrected chi connectivity index (χ2v) is 8.51. The van der Waals surface area contributed by atoms with Crippen molar-refractivity contribution in [1.82, 2.24) is 0 Å². The Morgan fingerprint density at radius 3 is 1.37 bits per heavy atom. The van der Waals surface area contributed by atoms with Crippen LogP contribution in [0.1, 0.15) is 11.1 Å². The molecule has 0 atom stereocenters. The molecular weight excluding hydrogens is 546 g/mol. The molecule has 194 valence electrons. The fourth-order valence-corrected chi connectivity index (χ4v) is 3.50. The maximum absolute atomic E-state index is 12.1. The molecule has 0 aliphatic carbocycles. The van der Waals surface area contributed by atoms with Crippen LogP contribution in [0.25, 0.3) is 0 Å². The number of benzene rings is 4. The zero-order valence-corrected chi connectivity index (χ0v) is 20.8. The molecule has 10 heteroatoms. The summed E-state index contributed by atoms with van der Waals surface area (Å²) in [6.07, 6.45) is -0.339. The minimum atomic E-state index is -0.786. The van der Waals surface area contributed by atoms with Gasteiger partial charge in [-0.1, -0.05) is 71.7 Å². The van der Waals surface area contributed by atoms with Gasteiger partial charge in [-0.15, -0.1) is 0 Å². The van der Waals surface area contributed by atoms with Gasteiger partial charge in [0, 0.05) is 5.04 Å². The Balaban J connectivity index is 0.00000400. The van der Waals surface area contributed by atoms with Crippen molar-refractivity contribution < 1.29 is 33.9 Å². The molecule has 0 saturated carbocycles. The van der Waals surface area contributed by atoms with Gasteiger partial charge in [0.05, 0.1) is 22.9 Å². The lowest BCUT2D eigenvalue weighted by atomic mass is 10.1. The Bertz CT molecular complexity index is 1260. The summed E-state index contributed by atoms with van der Waals surface area (Å²) in [6.45, 7) is 0. The molecule has 0 fully saturated rings. The number of rotatable bonds is 10. The van der Waals surface area contributed by atoms with Crippen LogP contribution in [-0.2, 0) is 37.2 Å². The third kappa shape index (κ3) is 8.81. The fraction of sp³-hybridized carbons (Fsp3) is 0.0714. The van der Waals surface area contributed by atoms with Crippen LogP contribution in [0.2, 0.25) is 10.0 Å². The van der Waals surface area contributed by atoms with Crippen LogP contribution >= 0.6 is 23.2 Å². The van der Waals surface area contributed by atoms with E-state index in [2.05, 4.69) is 14.8 Å². The van der Waals surface area contributed by atoms with Gasteiger partial charge in [-0.3, -0.25) is 9.78 Å². The van der Waals surface area contributed by atoms with Gasteiger partial charge in [0.2, 0.25) is 0 Å². The number of para-hydroxylation sites is 2. The Hall–Kier alpha value is -3.51. The number of hydrogen-bond donors (Lipinski definition) is 0. The molecule has 0 saturated heterocycles. The normalized spacial score (nSPS) is 10.2. The van der Waals surface area contributed by atoms with Crippen LogP contribution < -0.4 is 9.47 Å². The smallest absolute Gasteiger partial charge is 0.351 e. The van der Waals surface area contributed by atoms with Gasteiger partial charge >= 0.3 is 11.9 Å². The largest absolute Gasteiger partial charge is 0.456 e. The molecule has 7 nitrogen and oxygen atoms in total. The Morgan fingerprint density at radius 1 is 0.579 bits per heavy atom. The molecule has 0 unspecified atom stereocenters. The zero-order chi connectivity index (χ0) is 26.0. The number of carbonyl (C=O) groups excluding carboxylic acids is 2. The van der Waals surface area contributed by atoms with Gasteiger partial charge in [-0.25, -0.2) is 9.59 Å². The molecule has 4 aromatic carbocycles. The maximum Gasteiger partial charge on any atom is 0.351 e. The third-order valence-electron chi connectivity index (χ3n) is 4.88. The first-order valence-corrected chi connectivity index (χ1v) is 11.8. The highest BCUT2D eigenvalue weighted by Crippen LogP contribution is 2.31. The molecule has 4 aromatic rings. The van der Waals surface area contributed by atoms with Crippen molar-refractivity contribution >= 4 is 52.5 Å². The van der Waals surface area contributed by atoms with E-state index in [4.69, 9.17) is 32.7 Å². The van der Waals surface area contributed by atoms with E-state index in [-0.39, 0.29) is 30.2 Å². The molecule has 0 N–H and O–H groups in total. The first-order valence-electron chi connectivity index (χ1n) is 11.1. The summed E-state index contributed by atoms with van der Waals surface area (Å²) < 4.78 is 11.5. The Labute approximate surface area is 239 Å². The van der Waals surface area contributed by atoms with Gasteiger partial charge in [-0.2, -0.15) is 0 Å². The highest BCUT2D eigenvalue weighted by atomic mass is 35.5. The summed E-state index contributed by atoms with van der Waals surface area (Å²) in [6, 6.07) is 27.9. The predicted molar refractivity (Wildman–Crippen MR) is 147 cm³/mol. The molecule has 0 heterocycles. The summed E-state index contributed by atoms with van der Waals surface area (Å²) in [5.41, 5.74) is 1.12. The monoisotopic (exact) mass is 568 g/mol. The van der Waals surface area contributed by atoms with Crippen molar-refractivity contribution in [2.75, 3.05) is 0 Å². The van der Waals surface area contributed by atoms with E-state index in [1.54, 1.807) is 60.7 Å². The number of ether oxygens (including phenoxy) is 2. The molecule has 0 amide bonds. The lowest BCUT2D eigenvalue weighted by Crippen LogP contribution is -2.13. The molecule has 0 bridgehead atoms. The topological polar surface area (TPSA) is 80.3 Å². The lowest BCUT2D eigenvalue weighted by molar-refractivity contribution is -0.459. The highest BCUT2D eigenvalue weighted by Gasteiger charge is 2.14. The molecule has 0 aromatic heterocycles. The van der Waals surface area contributed by atoms with Crippen molar-refractivity contribution in [3.05, 3.63) is 118 Å². The van der Waals surface area contributed by atoms with Gasteiger partial charge in [0.25, 0.3) is 0 Å². The van der Waals surface area contributed by atoms with E-state index in [0.717, 1.165) is 0 Å². The molecule has 0 spiro atoms. The Morgan fingerprint density at radius 2 is 0.974 bits per heavy atom. The van der Waals surface area contributed by atoms with E-state index < -0.39 is 11.9 Å². The van der Waals surface area contributed by atoms with Crippen molar-refractivity contribution in [1.29, 1.82) is 0 Å². The molecule has 0 aliphatic heterocycles. The predicted octanol–water partition coefficient (Wildman–Crippen LogP) is 6.11. The van der Waals surface area contributed by atoms with Crippen molar-refractivity contribution in [3.63, 3.8) is 0 Å². The van der Waals surface area contributed by atoms with Gasteiger partial charge in [0.1, 0.15) is 23.0 Å². The fourth-order valence-electron chi connectivity index (χ4n) is 3.19. The first kappa shape index (κ1) is 29.1. The lowest BCUT2D eigenvalue weighted by Gasteiger charge is -2.10. The summed E-state index contributed by atoms with van der Waals surface area (Å²) in [5.74, 6) is 0.377. The quantitative estimate of drug-likeness (QED) is 0.130. The molecule has 38 heavy (non-hydrogen) atoms. The van der Waals surface area contributed by atoms with E-state index in [0.29, 0.717) is 44.2 Å². The molecule has 4 rings (SSSR count). The van der Waals surface area contributed by atoms with Crippen LogP contribution in [0.15, 0.2) is 97.1 Å². The summed E-state index contributed by atoms with van der Waals surface area (Å²) in [7, 11) is 0. The standard InChI is InChI=1S/C28H20Cl2O7.Al.3H/c29-23-13-11-19(15-25(23)33-21-7-3-1-4-8-21)17-27(31)35-37-36-28(32)18-20-12-14-24(30)26(16-20)34-22-9-5-2-6-10-22;;;;/h1-16H,17-18H2;;;;. The summed E-state index contributed by atoms with van der Waals surface area (Å²) in [4.78, 5) is 33.4. The SMILES string of the molecule is O=C(Cc1ccc(Cl)c(Oc2ccccc2)c1)OOOC(=O)Cc1ccc(Cl)c(Oc2ccccc2)c1.[AlH3]. The average molecular weight is 569 g/mol. The number of hydrogen-bond acceptors (Lipinski definition) is 7. The summed E-state index contributed by atoms with van der Waals surface area (Å²) >= 11 is 12.4. The second kappa shape index (κ2) is 14.4. The molecule has 0 aliphatic rings. The number of carbonyl (C=O) groups is 2. The third-order valence-corrected chi connectivity index (χ3v) is 5.51. The zero-order valence-electron chi connectivity index (χ0n) is 19.3. The summed E-state index contributed by atoms with van der Waals surface area (Å²) in [5, 5.41) is 5.15. The van der Waals surface area contributed by atoms with Crippen LogP contribution in [0.5, 0.6) is 23.0 Å². The van der Waals surface area contributed by atoms with Gasteiger partial charge < -0.3 is 9.47 Å². The minimum absolute atomic E-state index is 0. The van der Waals surface area contributed by atoms with E-state index in [1.165, 1.54) is 0 Å².